The first-order valence-electron chi connectivity index (χ1n) is 11.0. The molecular weight excluding hydrogens is 455 g/mol. The van der Waals surface area contributed by atoms with Gasteiger partial charge in [-0.25, -0.2) is 9.97 Å². The van der Waals surface area contributed by atoms with E-state index in [9.17, 15) is 18.0 Å². The van der Waals surface area contributed by atoms with Crippen LogP contribution in [0, 0.1) is 6.92 Å². The Morgan fingerprint density at radius 3 is 2.67 bits per heavy atom. The molecule has 1 atom stereocenters. The summed E-state index contributed by atoms with van der Waals surface area (Å²) in [6, 6.07) is 1.62. The lowest BCUT2D eigenvalue weighted by molar-refractivity contribution is -0.141. The number of carbonyl (C=O) groups is 1. The number of amides is 1. The third kappa shape index (κ3) is 5.27. The molecule has 1 aliphatic heterocycles. The third-order valence-electron chi connectivity index (χ3n) is 5.19. The van der Waals surface area contributed by atoms with Crippen molar-refractivity contribution >= 4 is 30.9 Å². The van der Waals surface area contributed by atoms with E-state index in [0.717, 1.165) is 11.6 Å². The maximum atomic E-state index is 12.7. The minimum absolute atomic E-state index is 0. The highest BCUT2D eigenvalue weighted by Gasteiger charge is 2.32. The van der Waals surface area contributed by atoms with E-state index in [1.54, 1.807) is 30.9 Å². The van der Waals surface area contributed by atoms with Gasteiger partial charge in [-0.15, -0.1) is 0 Å². The molecule has 3 aromatic heterocycles. The predicted molar refractivity (Wildman–Crippen MR) is 124 cm³/mol. The lowest BCUT2D eigenvalue weighted by Gasteiger charge is -2.32. The van der Waals surface area contributed by atoms with Gasteiger partial charge in [-0.2, -0.15) is 31.8 Å². The van der Waals surface area contributed by atoms with Crippen molar-refractivity contribution in [3.8, 4) is 0 Å². The molecule has 0 unspecified atom stereocenters. The van der Waals surface area contributed by atoms with E-state index in [1.165, 1.54) is 17.2 Å². The second-order valence-corrected chi connectivity index (χ2v) is 7.59. The number of halogens is 3. The number of aromatic nitrogens is 5. The Morgan fingerprint density at radius 1 is 1.21 bits per heavy atom. The molecule has 1 N–H and O–H groups in total. The summed E-state index contributed by atoms with van der Waals surface area (Å²) in [5.74, 6) is 0.548. The SMILES string of the molecule is S.[2HH].[2H]C([2H])N1c2nc(CCc3cnn(Cc4ccc(C(F)(F)F)nc4)c3)nc(C)c2NC(=O)[C@@H]1C. The molecule has 4 rings (SSSR count). The Bertz CT molecular complexity index is 1210. The van der Waals surface area contributed by atoms with Crippen molar-refractivity contribution in [3.63, 3.8) is 0 Å². The molecule has 0 saturated heterocycles. The Hall–Kier alpha value is -3.15. The van der Waals surface area contributed by atoms with Crippen molar-refractivity contribution in [3.05, 3.63) is 59.1 Å². The minimum atomic E-state index is -4.47. The van der Waals surface area contributed by atoms with E-state index in [1.807, 2.05) is 0 Å². The maximum Gasteiger partial charge on any atom is 0.433 e. The van der Waals surface area contributed by atoms with Crippen LogP contribution in [-0.2, 0) is 30.4 Å². The maximum absolute atomic E-state index is 12.7. The first-order chi connectivity index (χ1) is 16.0. The van der Waals surface area contributed by atoms with E-state index >= 15 is 0 Å². The summed E-state index contributed by atoms with van der Waals surface area (Å²) in [6.45, 7) is 2.23. The van der Waals surface area contributed by atoms with Crippen LogP contribution in [0.5, 0.6) is 0 Å². The van der Waals surface area contributed by atoms with Gasteiger partial charge in [-0.3, -0.25) is 14.5 Å². The number of nitrogens with one attached hydrogen (secondary N) is 1. The molecule has 0 fully saturated rings. The number of nitrogens with zero attached hydrogens (tertiary/aromatic N) is 6. The Kier molecular flexibility index (Phi) is 6.16. The Labute approximate surface area is 200 Å². The van der Waals surface area contributed by atoms with Gasteiger partial charge in [-0.05, 0) is 37.5 Å². The monoisotopic (exact) mass is 484 g/mol. The number of fused-ring (bicyclic) bond motifs is 1. The summed E-state index contributed by atoms with van der Waals surface area (Å²) in [7, 11) is 0. The average Bonchev–Trinajstić information content (AvgIpc) is 3.20. The van der Waals surface area contributed by atoms with Crippen molar-refractivity contribution in [2.45, 2.75) is 45.5 Å². The lowest BCUT2D eigenvalue weighted by Crippen LogP contribution is -2.45. The molecule has 0 saturated carbocycles. The molecule has 12 heteroatoms. The van der Waals surface area contributed by atoms with Crippen LogP contribution in [0.1, 0.15) is 39.4 Å². The molecule has 0 spiro atoms. The topological polar surface area (TPSA) is 88.8 Å². The van der Waals surface area contributed by atoms with Crippen molar-refractivity contribution in [2.75, 3.05) is 17.2 Å². The zero-order valence-corrected chi connectivity index (χ0v) is 18.9. The normalized spacial score (nSPS) is 16.6. The largest absolute Gasteiger partial charge is 0.433 e. The van der Waals surface area contributed by atoms with Crippen molar-refractivity contribution in [1.29, 1.82) is 0 Å². The first kappa shape index (κ1) is 21.7. The summed E-state index contributed by atoms with van der Waals surface area (Å²) in [5.41, 5.74) is 1.50. The molecule has 0 bridgehead atoms. The molecule has 3 aromatic rings. The summed E-state index contributed by atoms with van der Waals surface area (Å²) in [6.07, 6.45) is 1.18. The highest BCUT2D eigenvalue weighted by molar-refractivity contribution is 7.59. The van der Waals surface area contributed by atoms with Crippen LogP contribution in [0.15, 0.2) is 30.7 Å². The van der Waals surface area contributed by atoms with Crippen LogP contribution in [0.25, 0.3) is 0 Å². The zero-order valence-electron chi connectivity index (χ0n) is 19.9. The zero-order chi connectivity index (χ0) is 24.6. The lowest BCUT2D eigenvalue weighted by atomic mass is 10.1. The van der Waals surface area contributed by atoms with Crippen LogP contribution < -0.4 is 10.2 Å². The van der Waals surface area contributed by atoms with Crippen LogP contribution >= 0.6 is 13.5 Å². The number of aryl methyl sites for hydroxylation is 3. The fraction of sp³-hybridized carbons (Fsp3) is 0.381. The molecule has 178 valence electrons. The van der Waals surface area contributed by atoms with Crippen LogP contribution in [0.4, 0.5) is 24.7 Å². The fourth-order valence-electron chi connectivity index (χ4n) is 3.35. The van der Waals surface area contributed by atoms with E-state index in [0.29, 0.717) is 41.4 Å². The van der Waals surface area contributed by atoms with Gasteiger partial charge in [0.1, 0.15) is 23.2 Å². The van der Waals surface area contributed by atoms with Crippen molar-refractivity contribution < 1.29 is 22.1 Å². The second-order valence-electron chi connectivity index (χ2n) is 7.59. The molecule has 1 aliphatic rings. The van der Waals surface area contributed by atoms with E-state index in [4.69, 9.17) is 2.74 Å². The first-order valence-corrected chi connectivity index (χ1v) is 9.87. The van der Waals surface area contributed by atoms with Gasteiger partial charge < -0.3 is 10.2 Å². The molecule has 4 heterocycles. The summed E-state index contributed by atoms with van der Waals surface area (Å²) in [5, 5.41) is 7.01. The van der Waals surface area contributed by atoms with Crippen molar-refractivity contribution in [1.82, 2.24) is 24.7 Å². The van der Waals surface area contributed by atoms with Crippen LogP contribution in [0.2, 0.25) is 0 Å². The van der Waals surface area contributed by atoms with Gasteiger partial charge in [-0.1, -0.05) is 6.07 Å². The highest BCUT2D eigenvalue weighted by Crippen LogP contribution is 2.31. The fourth-order valence-corrected chi connectivity index (χ4v) is 3.35. The number of alkyl halides is 3. The Morgan fingerprint density at radius 2 is 2.00 bits per heavy atom. The molecule has 0 radical (unpaired) electrons. The smallest absolute Gasteiger partial charge is 0.346 e. The highest BCUT2D eigenvalue weighted by atomic mass is 32.1. The number of hydrogen-bond acceptors (Lipinski definition) is 6. The second kappa shape index (κ2) is 9.38. The average molecular weight is 485 g/mol. The van der Waals surface area contributed by atoms with Gasteiger partial charge in [0.25, 0.3) is 0 Å². The number of carbonyl (C=O) groups excluding carboxylic acids is 1. The number of rotatable bonds is 5. The van der Waals surface area contributed by atoms with E-state index in [2.05, 4.69) is 25.4 Å². The van der Waals surface area contributed by atoms with Gasteiger partial charge in [0.05, 0.1) is 18.4 Å². The standard InChI is InChI=1S/C21H22F3N7O.H2S.H2/c1-12-18-19(30(3)13(2)20(32)29-18)28-17(27-12)7-5-15-9-26-31(11-15)10-14-4-6-16(25-8-14)21(22,23)24;;/h4,6,8-9,11,13H,5,7,10H2,1-3H3,(H,29,32);1H2;1H/t13-;;/m0../s1/i3D2;;1+1. The molecule has 0 aromatic carbocycles. The van der Waals surface area contributed by atoms with Crippen LogP contribution in [-0.4, -0.2) is 43.7 Å². The van der Waals surface area contributed by atoms with Crippen LogP contribution in [0.3, 0.4) is 0 Å². The molecule has 1 amide bonds. The number of pyridine rings is 1. The molecular formula is C21H26F3N7OS. The van der Waals surface area contributed by atoms with Gasteiger partial charge in [0, 0.05) is 30.0 Å². The predicted octanol–water partition coefficient (Wildman–Crippen LogP) is 3.36. The molecule has 33 heavy (non-hydrogen) atoms. The summed E-state index contributed by atoms with van der Waals surface area (Å²) in [4.78, 5) is 25.9. The van der Waals surface area contributed by atoms with Crippen molar-refractivity contribution in [2.24, 2.45) is 0 Å². The minimum Gasteiger partial charge on any atom is -0.346 e. The number of likely N-dealkylation sites (N-methyl/N-ethyl adjacent to an activating group) is 1. The van der Waals surface area contributed by atoms with E-state index in [-0.39, 0.29) is 27.4 Å². The molecule has 8 nitrogen and oxygen atoms in total. The van der Waals surface area contributed by atoms with Gasteiger partial charge in [0.2, 0.25) is 5.91 Å². The summed E-state index contributed by atoms with van der Waals surface area (Å²) >= 11 is 0. The van der Waals surface area contributed by atoms with E-state index < -0.39 is 24.9 Å². The quantitative estimate of drug-likeness (QED) is 0.598. The third-order valence-corrected chi connectivity index (χ3v) is 5.19. The molecule has 0 aliphatic carbocycles. The Balaban J connectivity index is 0.00000228. The van der Waals surface area contributed by atoms with Gasteiger partial charge >= 0.3 is 6.18 Å². The van der Waals surface area contributed by atoms with Gasteiger partial charge in [0.15, 0.2) is 5.82 Å². The number of hydrogen-bond donors (Lipinski definition) is 1. The number of anilines is 2. The summed E-state index contributed by atoms with van der Waals surface area (Å²) < 4.78 is 55.2.